The van der Waals surface area contributed by atoms with E-state index in [1.165, 1.54) is 0 Å². The Morgan fingerprint density at radius 2 is 2.00 bits per heavy atom. The molecule has 0 saturated carbocycles. The second kappa shape index (κ2) is 4.73. The fraction of sp³-hybridized carbons (Fsp3) is 0.250. The van der Waals surface area contributed by atoms with Crippen molar-refractivity contribution in [3.05, 3.63) is 42.2 Å². The first-order valence-electron chi connectivity index (χ1n) is 4.77. The molecular weight excluding hydrogens is 193 g/mol. The molecule has 1 amide bonds. The number of halogens is 1. The molecule has 1 N–H and O–H groups in total. The summed E-state index contributed by atoms with van der Waals surface area (Å²) in [5, 5.41) is 2.48. The number of nitrogens with one attached hydrogen (secondary N) is 1. The van der Waals surface area contributed by atoms with E-state index in [0.717, 1.165) is 5.56 Å². The van der Waals surface area contributed by atoms with Gasteiger partial charge in [0.15, 0.2) is 5.83 Å². The summed E-state index contributed by atoms with van der Waals surface area (Å²) in [5.41, 5.74) is 1.61. The van der Waals surface area contributed by atoms with E-state index in [4.69, 9.17) is 0 Å². The summed E-state index contributed by atoms with van der Waals surface area (Å²) < 4.78 is 12.5. The number of hydrogen-bond acceptors (Lipinski definition) is 1. The molecule has 0 radical (unpaired) electrons. The third kappa shape index (κ3) is 2.91. The minimum absolute atomic E-state index is 0.273. The summed E-state index contributed by atoms with van der Waals surface area (Å²) in [6.07, 6.45) is 0. The molecule has 0 bridgehead atoms. The molecule has 2 nitrogen and oxygen atoms in total. The Balaban J connectivity index is 2.94. The van der Waals surface area contributed by atoms with Crippen molar-refractivity contribution < 1.29 is 9.18 Å². The highest BCUT2D eigenvalue weighted by Crippen LogP contribution is 2.23. The Kier molecular flexibility index (Phi) is 3.61. The second-order valence-electron chi connectivity index (χ2n) is 3.60. The second-order valence-corrected chi connectivity index (χ2v) is 3.60. The van der Waals surface area contributed by atoms with Gasteiger partial charge in [0, 0.05) is 5.69 Å². The maximum Gasteiger partial charge on any atom is 0.283 e. The normalized spacial score (nSPS) is 10.1. The Labute approximate surface area is 88.8 Å². The lowest BCUT2D eigenvalue weighted by Crippen LogP contribution is -2.13. The minimum atomic E-state index is -0.978. The molecule has 1 rings (SSSR count). The molecule has 0 heterocycles. The summed E-state index contributed by atoms with van der Waals surface area (Å²) in [6, 6.07) is 7.33. The lowest BCUT2D eigenvalue weighted by Gasteiger charge is -2.12. The number of hydrogen-bond donors (Lipinski definition) is 1. The predicted octanol–water partition coefficient (Wildman–Crippen LogP) is 3.23. The van der Waals surface area contributed by atoms with Crippen molar-refractivity contribution in [2.24, 2.45) is 0 Å². The topological polar surface area (TPSA) is 29.1 Å². The summed E-state index contributed by atoms with van der Waals surface area (Å²) in [7, 11) is 0. The number of amides is 1. The summed E-state index contributed by atoms with van der Waals surface area (Å²) in [4.78, 5) is 11.1. The molecule has 0 aliphatic carbocycles. The van der Waals surface area contributed by atoms with Crippen molar-refractivity contribution in [3.63, 3.8) is 0 Å². The van der Waals surface area contributed by atoms with Crippen LogP contribution in [0.5, 0.6) is 0 Å². The number of rotatable bonds is 3. The SMILES string of the molecule is C=C(F)C(=O)Nc1ccccc1C(C)C. The zero-order valence-electron chi connectivity index (χ0n) is 8.88. The van der Waals surface area contributed by atoms with Crippen LogP contribution in [0.3, 0.4) is 0 Å². The number of benzene rings is 1. The smallest absolute Gasteiger partial charge is 0.283 e. The largest absolute Gasteiger partial charge is 0.320 e. The average Bonchev–Trinajstić information content (AvgIpc) is 2.18. The van der Waals surface area contributed by atoms with Gasteiger partial charge in [0.25, 0.3) is 5.91 Å². The van der Waals surface area contributed by atoms with Crippen molar-refractivity contribution in [3.8, 4) is 0 Å². The van der Waals surface area contributed by atoms with Crippen molar-refractivity contribution in [1.82, 2.24) is 0 Å². The van der Waals surface area contributed by atoms with Gasteiger partial charge in [0.2, 0.25) is 0 Å². The first kappa shape index (κ1) is 11.4. The highest BCUT2D eigenvalue weighted by atomic mass is 19.1. The fourth-order valence-corrected chi connectivity index (χ4v) is 1.30. The van der Waals surface area contributed by atoms with Crippen molar-refractivity contribution >= 4 is 11.6 Å². The molecular formula is C12H14FNO. The highest BCUT2D eigenvalue weighted by molar-refractivity contribution is 6.02. The van der Waals surface area contributed by atoms with Gasteiger partial charge in [-0.3, -0.25) is 4.79 Å². The zero-order chi connectivity index (χ0) is 11.4. The van der Waals surface area contributed by atoms with E-state index in [0.29, 0.717) is 5.69 Å². The molecule has 0 spiro atoms. The highest BCUT2D eigenvalue weighted by Gasteiger charge is 2.10. The molecule has 0 atom stereocenters. The Bertz CT molecular complexity index is 385. The van der Waals surface area contributed by atoms with E-state index in [1.807, 2.05) is 26.0 Å². The minimum Gasteiger partial charge on any atom is -0.320 e. The van der Waals surface area contributed by atoms with Gasteiger partial charge >= 0.3 is 0 Å². The lowest BCUT2D eigenvalue weighted by atomic mass is 10.0. The quantitative estimate of drug-likeness (QED) is 0.757. The van der Waals surface area contributed by atoms with Crippen LogP contribution in [0, 0.1) is 0 Å². The van der Waals surface area contributed by atoms with Crippen molar-refractivity contribution in [1.29, 1.82) is 0 Å². The van der Waals surface area contributed by atoms with Gasteiger partial charge in [0.05, 0.1) is 0 Å². The van der Waals surface area contributed by atoms with Gasteiger partial charge in [-0.15, -0.1) is 0 Å². The van der Waals surface area contributed by atoms with Gasteiger partial charge in [-0.1, -0.05) is 38.6 Å². The maximum absolute atomic E-state index is 12.5. The standard InChI is InChI=1S/C12H14FNO/c1-8(2)10-6-4-5-7-11(10)14-12(15)9(3)13/h4-8H,3H2,1-2H3,(H,14,15). The molecule has 0 aliphatic rings. The first-order valence-corrected chi connectivity index (χ1v) is 4.77. The molecule has 0 unspecified atom stereocenters. The van der Waals surface area contributed by atoms with Crippen LogP contribution in [0.4, 0.5) is 10.1 Å². The number of carbonyl (C=O) groups excluding carboxylic acids is 1. The third-order valence-corrected chi connectivity index (χ3v) is 2.08. The molecule has 15 heavy (non-hydrogen) atoms. The van der Waals surface area contributed by atoms with Crippen LogP contribution < -0.4 is 5.32 Å². The molecule has 1 aromatic rings. The number of carbonyl (C=O) groups is 1. The number of para-hydroxylation sites is 1. The van der Waals surface area contributed by atoms with E-state index in [9.17, 15) is 9.18 Å². The first-order chi connectivity index (χ1) is 7.02. The Morgan fingerprint density at radius 3 is 2.53 bits per heavy atom. The van der Waals surface area contributed by atoms with Gasteiger partial charge < -0.3 is 5.32 Å². The molecule has 0 saturated heterocycles. The summed E-state index contributed by atoms with van der Waals surface area (Å²) in [6.45, 7) is 6.97. The van der Waals surface area contributed by atoms with Gasteiger partial charge in [-0.25, -0.2) is 4.39 Å². The van der Waals surface area contributed by atoms with E-state index < -0.39 is 11.7 Å². The average molecular weight is 207 g/mol. The van der Waals surface area contributed by atoms with Crippen molar-refractivity contribution in [2.75, 3.05) is 5.32 Å². The van der Waals surface area contributed by atoms with Crippen LogP contribution in [-0.4, -0.2) is 5.91 Å². The van der Waals surface area contributed by atoms with Crippen LogP contribution in [0.2, 0.25) is 0 Å². The van der Waals surface area contributed by atoms with Crippen LogP contribution in [0.25, 0.3) is 0 Å². The lowest BCUT2D eigenvalue weighted by molar-refractivity contribution is -0.114. The third-order valence-electron chi connectivity index (χ3n) is 2.08. The fourth-order valence-electron chi connectivity index (χ4n) is 1.30. The van der Waals surface area contributed by atoms with Gasteiger partial charge in [0.1, 0.15) is 0 Å². The molecule has 0 aromatic heterocycles. The Morgan fingerprint density at radius 1 is 1.40 bits per heavy atom. The van der Waals surface area contributed by atoms with E-state index >= 15 is 0 Å². The van der Waals surface area contributed by atoms with Crippen LogP contribution >= 0.6 is 0 Å². The molecule has 3 heteroatoms. The maximum atomic E-state index is 12.5. The van der Waals surface area contributed by atoms with Gasteiger partial charge in [-0.05, 0) is 17.5 Å². The monoisotopic (exact) mass is 207 g/mol. The van der Waals surface area contributed by atoms with Crippen LogP contribution in [0.1, 0.15) is 25.3 Å². The van der Waals surface area contributed by atoms with Crippen LogP contribution in [-0.2, 0) is 4.79 Å². The zero-order valence-corrected chi connectivity index (χ0v) is 8.88. The van der Waals surface area contributed by atoms with Crippen molar-refractivity contribution in [2.45, 2.75) is 19.8 Å². The van der Waals surface area contributed by atoms with E-state index in [1.54, 1.807) is 12.1 Å². The molecule has 80 valence electrons. The summed E-state index contributed by atoms with van der Waals surface area (Å²) in [5.74, 6) is -1.49. The van der Waals surface area contributed by atoms with Crippen LogP contribution in [0.15, 0.2) is 36.7 Å². The van der Waals surface area contributed by atoms with E-state index in [-0.39, 0.29) is 5.92 Å². The Hall–Kier alpha value is -1.64. The number of anilines is 1. The molecule has 0 fully saturated rings. The molecule has 1 aromatic carbocycles. The predicted molar refractivity (Wildman–Crippen MR) is 59.4 cm³/mol. The van der Waals surface area contributed by atoms with E-state index in [2.05, 4.69) is 11.9 Å². The summed E-state index contributed by atoms with van der Waals surface area (Å²) >= 11 is 0. The van der Waals surface area contributed by atoms with Gasteiger partial charge in [-0.2, -0.15) is 0 Å². The molecule has 0 aliphatic heterocycles.